The summed E-state index contributed by atoms with van der Waals surface area (Å²) < 4.78 is 11.2. The molecular weight excluding hydrogens is 270 g/mol. The molecule has 1 amide bonds. The van der Waals surface area contributed by atoms with Gasteiger partial charge in [-0.2, -0.15) is 0 Å². The highest BCUT2D eigenvalue weighted by molar-refractivity contribution is 6.00. The Bertz CT molecular complexity index is 411. The van der Waals surface area contributed by atoms with E-state index >= 15 is 0 Å². The number of carbonyl (C=O) groups is 2. The van der Waals surface area contributed by atoms with E-state index in [2.05, 4.69) is 6.58 Å². The second-order valence-electron chi connectivity index (χ2n) is 6.77. The Morgan fingerprint density at radius 2 is 1.67 bits per heavy atom. The van der Waals surface area contributed by atoms with Crippen LogP contribution in [0.2, 0.25) is 0 Å². The Kier molecular flexibility index (Phi) is 6.61. The van der Waals surface area contributed by atoms with Crippen molar-refractivity contribution >= 4 is 11.9 Å². The fraction of sp³-hybridized carbons (Fsp3) is 0.750. The number of ketones is 1. The first-order valence-electron chi connectivity index (χ1n) is 7.07. The largest absolute Gasteiger partial charge is 0.443 e. The zero-order chi connectivity index (χ0) is 17.0. The third-order valence-electron chi connectivity index (χ3n) is 2.94. The minimum atomic E-state index is -0.938. The second-order valence-corrected chi connectivity index (χ2v) is 6.77. The van der Waals surface area contributed by atoms with Crippen molar-refractivity contribution in [3.05, 3.63) is 12.2 Å². The van der Waals surface area contributed by atoms with Gasteiger partial charge >= 0.3 is 6.09 Å². The van der Waals surface area contributed by atoms with Crippen LogP contribution in [-0.4, -0.2) is 48.2 Å². The summed E-state index contributed by atoms with van der Waals surface area (Å²) >= 11 is 0. The highest BCUT2D eigenvalue weighted by atomic mass is 16.6. The van der Waals surface area contributed by atoms with Crippen molar-refractivity contribution in [2.45, 2.75) is 65.3 Å². The number of hydrogen-bond acceptors (Lipinski definition) is 4. The van der Waals surface area contributed by atoms with Crippen LogP contribution in [0.5, 0.6) is 0 Å². The molecule has 0 aromatic heterocycles. The molecule has 122 valence electrons. The van der Waals surface area contributed by atoms with Gasteiger partial charge in [-0.15, -0.1) is 0 Å². The minimum absolute atomic E-state index is 0.127. The van der Waals surface area contributed by atoms with Crippen LogP contribution in [0, 0.1) is 0 Å². The van der Waals surface area contributed by atoms with Gasteiger partial charge in [0.05, 0.1) is 6.10 Å². The zero-order valence-corrected chi connectivity index (χ0v) is 14.6. The molecule has 0 aromatic rings. The van der Waals surface area contributed by atoms with Crippen LogP contribution in [0.1, 0.15) is 48.0 Å². The Morgan fingerprint density at radius 3 is 2.05 bits per heavy atom. The molecule has 0 aromatic carbocycles. The molecule has 0 N–H and O–H groups in total. The highest BCUT2D eigenvalue weighted by Crippen LogP contribution is 2.24. The lowest BCUT2D eigenvalue weighted by atomic mass is 9.96. The SMILES string of the molecule is C=C(C)C(=O)C(C)(C)OC(C)CC(C)(C)OC(=O)N(C)C. The van der Waals surface area contributed by atoms with Gasteiger partial charge in [-0.3, -0.25) is 4.79 Å². The molecule has 0 aliphatic carbocycles. The lowest BCUT2D eigenvalue weighted by Crippen LogP contribution is -2.42. The minimum Gasteiger partial charge on any atom is -0.443 e. The summed E-state index contributed by atoms with van der Waals surface area (Å²) in [5.74, 6) is -0.127. The molecule has 0 fully saturated rings. The van der Waals surface area contributed by atoms with Crippen molar-refractivity contribution in [2.24, 2.45) is 0 Å². The van der Waals surface area contributed by atoms with Crippen LogP contribution in [0.25, 0.3) is 0 Å². The van der Waals surface area contributed by atoms with Crippen molar-refractivity contribution in [1.29, 1.82) is 0 Å². The average molecular weight is 299 g/mol. The van der Waals surface area contributed by atoms with Crippen molar-refractivity contribution in [1.82, 2.24) is 4.90 Å². The van der Waals surface area contributed by atoms with Crippen LogP contribution in [0.4, 0.5) is 4.79 Å². The number of hydrogen-bond donors (Lipinski definition) is 0. The molecule has 0 saturated heterocycles. The van der Waals surface area contributed by atoms with Gasteiger partial charge in [0, 0.05) is 20.5 Å². The second kappa shape index (κ2) is 7.07. The molecule has 0 saturated carbocycles. The van der Waals surface area contributed by atoms with Crippen molar-refractivity contribution in [3.8, 4) is 0 Å². The fourth-order valence-corrected chi connectivity index (χ4v) is 2.17. The number of rotatable bonds is 7. The third-order valence-corrected chi connectivity index (χ3v) is 2.94. The van der Waals surface area contributed by atoms with Gasteiger partial charge in [0.1, 0.15) is 11.2 Å². The molecule has 0 aliphatic rings. The average Bonchev–Trinajstić information content (AvgIpc) is 2.24. The van der Waals surface area contributed by atoms with Crippen molar-refractivity contribution in [2.75, 3.05) is 14.1 Å². The maximum absolute atomic E-state index is 12.0. The van der Waals surface area contributed by atoms with Gasteiger partial charge in [-0.05, 0) is 47.1 Å². The molecule has 5 nitrogen and oxygen atoms in total. The van der Waals surface area contributed by atoms with E-state index in [-0.39, 0.29) is 11.9 Å². The number of amides is 1. The summed E-state index contributed by atoms with van der Waals surface area (Å²) in [7, 11) is 3.26. The van der Waals surface area contributed by atoms with Gasteiger partial charge in [-0.25, -0.2) is 4.79 Å². The summed E-state index contributed by atoms with van der Waals surface area (Å²) in [5, 5.41) is 0. The Balaban J connectivity index is 4.68. The van der Waals surface area contributed by atoms with E-state index in [4.69, 9.17) is 9.47 Å². The molecule has 0 heterocycles. The van der Waals surface area contributed by atoms with Crippen LogP contribution >= 0.6 is 0 Å². The molecule has 0 spiro atoms. The third kappa shape index (κ3) is 6.76. The maximum atomic E-state index is 12.0. The molecule has 0 radical (unpaired) electrons. The monoisotopic (exact) mass is 299 g/mol. The summed E-state index contributed by atoms with van der Waals surface area (Å²) in [6, 6.07) is 0. The van der Waals surface area contributed by atoms with Gasteiger partial charge in [0.25, 0.3) is 0 Å². The van der Waals surface area contributed by atoms with E-state index in [0.717, 1.165) is 0 Å². The molecule has 5 heteroatoms. The lowest BCUT2D eigenvalue weighted by Gasteiger charge is -2.33. The predicted molar refractivity (Wildman–Crippen MR) is 83.3 cm³/mol. The molecule has 21 heavy (non-hydrogen) atoms. The number of ether oxygens (including phenoxy) is 2. The molecule has 1 unspecified atom stereocenters. The Labute approximate surface area is 128 Å². The van der Waals surface area contributed by atoms with Crippen LogP contribution in [0.3, 0.4) is 0 Å². The first kappa shape index (κ1) is 19.6. The standard InChI is InChI=1S/C16H29NO4/c1-11(2)13(18)16(6,7)20-12(3)10-15(4,5)21-14(19)17(8)9/h12H,1,10H2,2-9H3. The van der Waals surface area contributed by atoms with E-state index in [1.807, 2.05) is 20.8 Å². The van der Waals surface area contributed by atoms with Crippen molar-refractivity contribution < 1.29 is 19.1 Å². The highest BCUT2D eigenvalue weighted by Gasteiger charge is 2.34. The Morgan fingerprint density at radius 1 is 1.19 bits per heavy atom. The fourth-order valence-electron chi connectivity index (χ4n) is 2.17. The first-order valence-corrected chi connectivity index (χ1v) is 7.07. The first-order chi connectivity index (χ1) is 9.28. The number of Topliss-reactive ketones (excluding diaryl/α,β-unsaturated/α-hetero) is 1. The molecule has 0 rings (SSSR count). The van der Waals surface area contributed by atoms with E-state index < -0.39 is 17.3 Å². The van der Waals surface area contributed by atoms with Crippen LogP contribution in [-0.2, 0) is 14.3 Å². The molecule has 1 atom stereocenters. The molecule has 0 bridgehead atoms. The quantitative estimate of drug-likeness (QED) is 0.677. The van der Waals surface area contributed by atoms with Crippen LogP contribution < -0.4 is 0 Å². The van der Waals surface area contributed by atoms with Gasteiger partial charge in [-0.1, -0.05) is 6.58 Å². The van der Waals surface area contributed by atoms with E-state index in [1.54, 1.807) is 34.9 Å². The smallest absolute Gasteiger partial charge is 0.409 e. The summed E-state index contributed by atoms with van der Waals surface area (Å²) in [5.41, 5.74) is -1.15. The van der Waals surface area contributed by atoms with E-state index in [1.165, 1.54) is 4.90 Å². The normalized spacial score (nSPS) is 13.5. The Hall–Kier alpha value is -1.36. The van der Waals surface area contributed by atoms with Crippen LogP contribution in [0.15, 0.2) is 12.2 Å². The summed E-state index contributed by atoms with van der Waals surface area (Å²) in [6.45, 7) is 14.3. The lowest BCUT2D eigenvalue weighted by molar-refractivity contribution is -0.146. The predicted octanol–water partition coefficient (Wildman–Crippen LogP) is 3.18. The van der Waals surface area contributed by atoms with E-state index in [9.17, 15) is 9.59 Å². The number of nitrogens with zero attached hydrogens (tertiary/aromatic N) is 1. The summed E-state index contributed by atoms with van der Waals surface area (Å²) in [6.07, 6.45) is -0.155. The molecule has 0 aliphatic heterocycles. The molecular formula is C16H29NO4. The topological polar surface area (TPSA) is 55.8 Å². The van der Waals surface area contributed by atoms with E-state index in [0.29, 0.717) is 12.0 Å². The van der Waals surface area contributed by atoms with Crippen molar-refractivity contribution in [3.63, 3.8) is 0 Å². The summed E-state index contributed by atoms with van der Waals surface area (Å²) in [4.78, 5) is 25.0. The zero-order valence-electron chi connectivity index (χ0n) is 14.6. The maximum Gasteiger partial charge on any atom is 0.409 e. The van der Waals surface area contributed by atoms with Gasteiger partial charge < -0.3 is 14.4 Å². The van der Waals surface area contributed by atoms with Gasteiger partial charge in [0.2, 0.25) is 0 Å². The van der Waals surface area contributed by atoms with Gasteiger partial charge in [0.15, 0.2) is 5.78 Å². The number of carbonyl (C=O) groups excluding carboxylic acids is 2.